The number of anilines is 1. The monoisotopic (exact) mass is 447 g/mol. The summed E-state index contributed by atoms with van der Waals surface area (Å²) in [4.78, 5) is 27.8. The summed E-state index contributed by atoms with van der Waals surface area (Å²) in [6, 6.07) is 14.8. The first-order chi connectivity index (χ1) is 15.9. The van der Waals surface area contributed by atoms with E-state index in [1.165, 1.54) is 19.1 Å². The Morgan fingerprint density at radius 1 is 1.03 bits per heavy atom. The first-order valence-electron chi connectivity index (χ1n) is 10.6. The average molecular weight is 447 g/mol. The van der Waals surface area contributed by atoms with Crippen LogP contribution in [0.15, 0.2) is 64.6 Å². The van der Waals surface area contributed by atoms with Crippen molar-refractivity contribution in [3.8, 4) is 11.5 Å². The number of nitrogens with zero attached hydrogens (tertiary/aromatic N) is 1. The van der Waals surface area contributed by atoms with Crippen molar-refractivity contribution in [1.82, 2.24) is 0 Å². The number of carbonyl (C=O) groups excluding carboxylic acids is 2. The third kappa shape index (κ3) is 3.86. The second-order valence-electron chi connectivity index (χ2n) is 7.70. The number of Topliss-reactive ketones (excluding diaryl/α,β-unsaturated/α-hetero) is 1. The molecule has 1 N–H and O–H groups in total. The van der Waals surface area contributed by atoms with E-state index in [2.05, 4.69) is 0 Å². The summed E-state index contributed by atoms with van der Waals surface area (Å²) in [7, 11) is 2.95. The van der Waals surface area contributed by atoms with Crippen molar-refractivity contribution in [3.05, 3.63) is 82.8 Å². The van der Waals surface area contributed by atoms with E-state index in [0.29, 0.717) is 28.7 Å². The van der Waals surface area contributed by atoms with Crippen LogP contribution in [0, 0.1) is 6.92 Å². The zero-order valence-corrected chi connectivity index (χ0v) is 18.9. The summed E-state index contributed by atoms with van der Waals surface area (Å²) in [6.45, 7) is 3.81. The van der Waals surface area contributed by atoms with Gasteiger partial charge in [0, 0.05) is 5.69 Å². The fraction of sp³-hybridized carbons (Fsp3) is 0.231. The maximum absolute atomic E-state index is 13.2. The van der Waals surface area contributed by atoms with Crippen molar-refractivity contribution in [2.24, 2.45) is 0 Å². The molecule has 170 valence electrons. The van der Waals surface area contributed by atoms with Crippen LogP contribution in [0.2, 0.25) is 0 Å². The molecule has 4 rings (SSSR count). The van der Waals surface area contributed by atoms with Crippen LogP contribution in [0.25, 0.3) is 5.76 Å². The van der Waals surface area contributed by atoms with Crippen molar-refractivity contribution < 1.29 is 28.6 Å². The number of ketones is 1. The van der Waals surface area contributed by atoms with E-state index in [4.69, 9.17) is 13.9 Å². The van der Waals surface area contributed by atoms with Gasteiger partial charge in [0.05, 0.1) is 25.4 Å². The molecule has 0 saturated carbocycles. The Labute approximate surface area is 191 Å². The lowest BCUT2D eigenvalue weighted by Gasteiger charge is -2.23. The number of furan rings is 1. The van der Waals surface area contributed by atoms with Gasteiger partial charge in [0.25, 0.3) is 11.7 Å². The molecular weight excluding hydrogens is 422 g/mol. The van der Waals surface area contributed by atoms with Crippen molar-refractivity contribution >= 4 is 23.1 Å². The van der Waals surface area contributed by atoms with Gasteiger partial charge >= 0.3 is 0 Å². The van der Waals surface area contributed by atoms with Gasteiger partial charge in [0.2, 0.25) is 0 Å². The van der Waals surface area contributed by atoms with E-state index in [0.717, 1.165) is 12.0 Å². The number of aryl methyl sites for hydroxylation is 2. The van der Waals surface area contributed by atoms with Crippen LogP contribution >= 0.6 is 0 Å². The number of methoxy groups -OCH3 is 2. The zero-order chi connectivity index (χ0) is 23.7. The van der Waals surface area contributed by atoms with Crippen LogP contribution < -0.4 is 14.4 Å². The van der Waals surface area contributed by atoms with Crippen molar-refractivity contribution in [2.75, 3.05) is 19.1 Å². The summed E-state index contributed by atoms with van der Waals surface area (Å²) in [6.07, 6.45) is 0.843. The lowest BCUT2D eigenvalue weighted by Crippen LogP contribution is -2.29. The predicted molar refractivity (Wildman–Crippen MR) is 124 cm³/mol. The minimum Gasteiger partial charge on any atom is -0.507 e. The molecule has 0 radical (unpaired) electrons. The minimum absolute atomic E-state index is 0.0829. The maximum atomic E-state index is 13.2. The molecule has 1 unspecified atom stereocenters. The number of hydrogen-bond acceptors (Lipinski definition) is 6. The Hall–Kier alpha value is -4.00. The lowest BCUT2D eigenvalue weighted by molar-refractivity contribution is -0.132. The highest BCUT2D eigenvalue weighted by atomic mass is 16.5. The third-order valence-corrected chi connectivity index (χ3v) is 5.76. The molecule has 7 heteroatoms. The van der Waals surface area contributed by atoms with E-state index in [1.54, 1.807) is 49.4 Å². The maximum Gasteiger partial charge on any atom is 0.300 e. The van der Waals surface area contributed by atoms with Gasteiger partial charge in [-0.3, -0.25) is 14.5 Å². The Kier molecular flexibility index (Phi) is 5.96. The minimum atomic E-state index is -0.943. The van der Waals surface area contributed by atoms with E-state index in [9.17, 15) is 14.7 Å². The molecule has 33 heavy (non-hydrogen) atoms. The predicted octanol–water partition coefficient (Wildman–Crippen LogP) is 4.79. The van der Waals surface area contributed by atoms with Crippen molar-refractivity contribution in [2.45, 2.75) is 26.3 Å². The number of aliphatic hydroxyl groups excluding tert-OH is 1. The Morgan fingerprint density at radius 2 is 1.76 bits per heavy atom. The Balaban J connectivity index is 1.95. The summed E-state index contributed by atoms with van der Waals surface area (Å²) < 4.78 is 16.5. The molecule has 1 atom stereocenters. The second-order valence-corrected chi connectivity index (χ2v) is 7.70. The Morgan fingerprint density at radius 3 is 2.33 bits per heavy atom. The van der Waals surface area contributed by atoms with Crippen LogP contribution in [0.5, 0.6) is 11.5 Å². The zero-order valence-electron chi connectivity index (χ0n) is 18.9. The van der Waals surface area contributed by atoms with Gasteiger partial charge in [0.1, 0.15) is 34.8 Å². The van der Waals surface area contributed by atoms with Crippen LogP contribution in [-0.2, 0) is 16.0 Å². The molecule has 1 aliphatic rings. The van der Waals surface area contributed by atoms with E-state index in [-0.39, 0.29) is 16.9 Å². The summed E-state index contributed by atoms with van der Waals surface area (Å²) >= 11 is 0. The van der Waals surface area contributed by atoms with Gasteiger partial charge in [-0.2, -0.15) is 0 Å². The normalized spacial score (nSPS) is 17.5. The first-order valence-corrected chi connectivity index (χ1v) is 10.6. The fourth-order valence-electron chi connectivity index (χ4n) is 4.00. The Bertz CT molecular complexity index is 1240. The van der Waals surface area contributed by atoms with Gasteiger partial charge in [-0.05, 0) is 61.4 Å². The number of amides is 1. The number of rotatable bonds is 6. The van der Waals surface area contributed by atoms with Crippen molar-refractivity contribution in [1.29, 1.82) is 0 Å². The topological polar surface area (TPSA) is 89.2 Å². The number of ether oxygens (including phenoxy) is 2. The highest BCUT2D eigenvalue weighted by molar-refractivity contribution is 6.51. The molecule has 0 bridgehead atoms. The first kappa shape index (κ1) is 22.2. The van der Waals surface area contributed by atoms with Crippen LogP contribution in [0.1, 0.15) is 35.6 Å². The lowest BCUT2D eigenvalue weighted by atomic mass is 9.98. The van der Waals surface area contributed by atoms with E-state index >= 15 is 0 Å². The number of benzene rings is 2. The number of carbonyl (C=O) groups is 2. The average Bonchev–Trinajstić information content (AvgIpc) is 3.38. The largest absolute Gasteiger partial charge is 0.507 e. The third-order valence-electron chi connectivity index (χ3n) is 5.76. The van der Waals surface area contributed by atoms with E-state index < -0.39 is 17.7 Å². The SMILES string of the molecule is CCc1ccc(N2C(=O)C(=O)/C(=C(/O)c3cc(OC)ccc3OC)C2c2ccc(C)o2)cc1. The highest BCUT2D eigenvalue weighted by Gasteiger charge is 2.48. The van der Waals surface area contributed by atoms with Gasteiger partial charge in [-0.25, -0.2) is 0 Å². The molecule has 2 heterocycles. The van der Waals surface area contributed by atoms with Crippen LogP contribution in [-0.4, -0.2) is 31.0 Å². The molecule has 1 fully saturated rings. The molecule has 1 aromatic heterocycles. The van der Waals surface area contributed by atoms with Crippen LogP contribution in [0.3, 0.4) is 0 Å². The van der Waals surface area contributed by atoms with Crippen LogP contribution in [0.4, 0.5) is 5.69 Å². The second kappa shape index (κ2) is 8.86. The molecule has 2 aromatic carbocycles. The smallest absolute Gasteiger partial charge is 0.300 e. The summed E-state index contributed by atoms with van der Waals surface area (Å²) in [5.41, 5.74) is 1.79. The number of aliphatic hydroxyl groups is 1. The summed E-state index contributed by atoms with van der Waals surface area (Å²) in [5, 5.41) is 11.3. The standard InChI is InChI=1S/C26H25NO6/c1-5-16-7-9-17(10-8-16)27-23(21-12-6-15(2)33-21)22(25(29)26(27)30)24(28)19-14-18(31-3)11-13-20(19)32-4/h6-14,23,28H,5H2,1-4H3/b24-22+. The molecule has 1 amide bonds. The molecule has 0 aliphatic carbocycles. The van der Waals surface area contributed by atoms with E-state index in [1.807, 2.05) is 19.1 Å². The van der Waals surface area contributed by atoms with Crippen molar-refractivity contribution in [3.63, 3.8) is 0 Å². The van der Waals surface area contributed by atoms with Gasteiger partial charge in [0.15, 0.2) is 0 Å². The van der Waals surface area contributed by atoms with Gasteiger partial charge < -0.3 is 19.0 Å². The molecule has 3 aromatic rings. The quantitative estimate of drug-likeness (QED) is 0.332. The molecular formula is C26H25NO6. The molecule has 1 saturated heterocycles. The fourth-order valence-corrected chi connectivity index (χ4v) is 4.00. The van der Waals surface area contributed by atoms with Gasteiger partial charge in [-0.15, -0.1) is 0 Å². The molecule has 0 spiro atoms. The summed E-state index contributed by atoms with van der Waals surface area (Å²) in [5.74, 6) is -0.132. The molecule has 7 nitrogen and oxygen atoms in total. The van der Waals surface area contributed by atoms with Gasteiger partial charge in [-0.1, -0.05) is 19.1 Å². The molecule has 1 aliphatic heterocycles. The highest BCUT2D eigenvalue weighted by Crippen LogP contribution is 2.44. The number of hydrogen-bond donors (Lipinski definition) is 1.